The van der Waals surface area contributed by atoms with Crippen molar-refractivity contribution in [1.82, 2.24) is 4.98 Å². The Morgan fingerprint density at radius 3 is 2.55 bits per heavy atom. The molecule has 1 rings (SSSR count). The lowest BCUT2D eigenvalue weighted by molar-refractivity contribution is 0.322. The first kappa shape index (κ1) is 18.2. The molecule has 0 spiro atoms. The molecule has 0 aromatic carbocycles. The molecule has 1 aromatic heterocycles. The molecular formula is C15H25NOS3. The van der Waals surface area contributed by atoms with Gasteiger partial charge in [0.05, 0.1) is 11.6 Å². The van der Waals surface area contributed by atoms with Crippen LogP contribution in [-0.2, 0) is 0 Å². The van der Waals surface area contributed by atoms with Crippen molar-refractivity contribution in [3.05, 3.63) is 18.2 Å². The van der Waals surface area contributed by atoms with Crippen LogP contribution in [0.25, 0.3) is 0 Å². The largest absolute Gasteiger partial charge is 0.396 e. The third kappa shape index (κ3) is 9.16. The Balaban J connectivity index is 2.09. The molecule has 1 N–H and O–H groups in total. The summed E-state index contributed by atoms with van der Waals surface area (Å²) in [4.78, 5) is 4.56. The topological polar surface area (TPSA) is 33.1 Å². The zero-order valence-corrected chi connectivity index (χ0v) is 14.7. The van der Waals surface area contributed by atoms with Crippen LogP contribution >= 0.6 is 33.3 Å². The van der Waals surface area contributed by atoms with Gasteiger partial charge in [-0.15, -0.1) is 11.8 Å². The van der Waals surface area contributed by atoms with E-state index in [4.69, 9.17) is 5.11 Å². The number of nitrogens with zero attached hydrogens (tertiary/aromatic N) is 1. The maximum Gasteiger partial charge on any atom is 0.108 e. The van der Waals surface area contributed by atoms with Gasteiger partial charge in [-0.1, -0.05) is 55.9 Å². The first-order valence-corrected chi connectivity index (χ1v) is 10.7. The summed E-state index contributed by atoms with van der Waals surface area (Å²) in [5.74, 6) is 1.92. The van der Waals surface area contributed by atoms with Crippen molar-refractivity contribution in [2.24, 2.45) is 0 Å². The minimum atomic E-state index is 0.205. The Labute approximate surface area is 135 Å². The lowest BCUT2D eigenvalue weighted by Gasteiger charge is -2.03. The van der Waals surface area contributed by atoms with Gasteiger partial charge in [0.15, 0.2) is 0 Å². The van der Waals surface area contributed by atoms with E-state index in [1.807, 2.05) is 22.9 Å². The van der Waals surface area contributed by atoms with E-state index >= 15 is 0 Å². The molecule has 0 unspecified atom stereocenters. The highest BCUT2D eigenvalue weighted by Gasteiger charge is 2.00. The van der Waals surface area contributed by atoms with E-state index in [9.17, 15) is 0 Å². The number of aliphatic hydroxyl groups excluding tert-OH is 1. The van der Waals surface area contributed by atoms with Gasteiger partial charge in [0.2, 0.25) is 0 Å². The van der Waals surface area contributed by atoms with E-state index in [2.05, 4.69) is 18.0 Å². The molecule has 114 valence electrons. The van der Waals surface area contributed by atoms with Crippen LogP contribution in [0.15, 0.2) is 28.3 Å². The first-order valence-electron chi connectivity index (χ1n) is 7.37. The third-order valence-electron chi connectivity index (χ3n) is 2.76. The molecule has 0 aliphatic heterocycles. The molecule has 0 aliphatic carbocycles. The van der Waals surface area contributed by atoms with Crippen molar-refractivity contribution in [2.75, 3.05) is 18.1 Å². The van der Waals surface area contributed by atoms with Crippen LogP contribution in [0, 0.1) is 0 Å². The van der Waals surface area contributed by atoms with Crippen LogP contribution in [0.2, 0.25) is 0 Å². The second kappa shape index (κ2) is 12.9. The highest BCUT2D eigenvalue weighted by atomic mass is 33.1. The number of hydrogen-bond donors (Lipinski definition) is 1. The average Bonchev–Trinajstić information content (AvgIpc) is 2.48. The molecule has 0 saturated heterocycles. The fourth-order valence-electron chi connectivity index (χ4n) is 1.72. The minimum absolute atomic E-state index is 0.205. The molecule has 1 aromatic rings. The van der Waals surface area contributed by atoms with Gasteiger partial charge in [0, 0.05) is 11.5 Å². The summed E-state index contributed by atoms with van der Waals surface area (Å²) in [6.07, 6.45) is 8.13. The Morgan fingerprint density at radius 1 is 1.00 bits per heavy atom. The molecule has 20 heavy (non-hydrogen) atoms. The molecule has 0 saturated carbocycles. The van der Waals surface area contributed by atoms with E-state index in [0.717, 1.165) is 10.1 Å². The Kier molecular flexibility index (Phi) is 11.7. The number of rotatable bonds is 12. The van der Waals surface area contributed by atoms with Gasteiger partial charge >= 0.3 is 0 Å². The molecule has 2 nitrogen and oxygen atoms in total. The van der Waals surface area contributed by atoms with Gasteiger partial charge < -0.3 is 5.11 Å². The Morgan fingerprint density at radius 2 is 1.75 bits per heavy atom. The zero-order chi connectivity index (χ0) is 14.5. The summed E-state index contributed by atoms with van der Waals surface area (Å²) < 4.78 is 0. The predicted octanol–water partition coefficient (Wildman–Crippen LogP) is 5.27. The van der Waals surface area contributed by atoms with Gasteiger partial charge in [-0.25, -0.2) is 4.98 Å². The van der Waals surface area contributed by atoms with Gasteiger partial charge in [0.1, 0.15) is 5.03 Å². The van der Waals surface area contributed by atoms with Gasteiger partial charge in [-0.2, -0.15) is 0 Å². The predicted molar refractivity (Wildman–Crippen MR) is 93.7 cm³/mol. The third-order valence-corrected chi connectivity index (χ3v) is 6.01. The van der Waals surface area contributed by atoms with Crippen molar-refractivity contribution in [3.8, 4) is 0 Å². The van der Waals surface area contributed by atoms with Crippen LogP contribution in [0.4, 0.5) is 0 Å². The fraction of sp³-hybridized carbons (Fsp3) is 0.667. The minimum Gasteiger partial charge on any atom is -0.396 e. The molecule has 0 atom stereocenters. The second-order valence-electron chi connectivity index (χ2n) is 4.56. The van der Waals surface area contributed by atoms with E-state index < -0.39 is 0 Å². The average molecular weight is 332 g/mol. The number of aliphatic hydroxyl groups is 1. The molecular weight excluding hydrogens is 306 g/mol. The quantitative estimate of drug-likeness (QED) is 0.321. The smallest absolute Gasteiger partial charge is 0.108 e. The Bertz CT molecular complexity index is 350. The van der Waals surface area contributed by atoms with Crippen LogP contribution in [0.1, 0.15) is 45.4 Å². The fourth-order valence-corrected chi connectivity index (χ4v) is 4.45. The van der Waals surface area contributed by atoms with Gasteiger partial charge in [0.25, 0.3) is 0 Å². The molecule has 1 heterocycles. The molecule has 0 amide bonds. The maximum atomic E-state index is 8.82. The first-order chi connectivity index (χ1) is 9.86. The SMILES string of the molecule is CCCCCCCCSSc1cccc(SCCO)n1. The Hall–Kier alpha value is 0.160. The lowest BCUT2D eigenvalue weighted by atomic mass is 10.1. The number of aromatic nitrogens is 1. The summed E-state index contributed by atoms with van der Waals surface area (Å²) in [5, 5.41) is 10.9. The highest BCUT2D eigenvalue weighted by molar-refractivity contribution is 8.76. The molecule has 0 aliphatic rings. The standard InChI is InChI=1S/C15H25NOS3/c1-2-3-4-5-6-7-12-19-20-15-10-8-9-14(16-15)18-13-11-17/h8-10,17H,2-7,11-13H2,1H3. The monoisotopic (exact) mass is 331 g/mol. The van der Waals surface area contributed by atoms with Gasteiger partial charge in [-0.05, 0) is 29.3 Å². The van der Waals surface area contributed by atoms with Crippen molar-refractivity contribution in [1.29, 1.82) is 0 Å². The molecule has 0 bridgehead atoms. The lowest BCUT2D eigenvalue weighted by Crippen LogP contribution is -1.88. The van der Waals surface area contributed by atoms with Crippen LogP contribution < -0.4 is 0 Å². The van der Waals surface area contributed by atoms with Crippen molar-refractivity contribution < 1.29 is 5.11 Å². The maximum absolute atomic E-state index is 8.82. The molecule has 0 fully saturated rings. The number of unbranched alkanes of at least 4 members (excludes halogenated alkanes) is 5. The second-order valence-corrected chi connectivity index (χ2v) is 8.11. The van der Waals surface area contributed by atoms with Crippen molar-refractivity contribution in [3.63, 3.8) is 0 Å². The van der Waals surface area contributed by atoms with E-state index in [-0.39, 0.29) is 6.61 Å². The molecule has 0 radical (unpaired) electrons. The number of pyridine rings is 1. The zero-order valence-electron chi connectivity index (χ0n) is 12.2. The number of hydrogen-bond acceptors (Lipinski definition) is 5. The normalized spacial score (nSPS) is 10.9. The van der Waals surface area contributed by atoms with E-state index in [0.29, 0.717) is 5.75 Å². The van der Waals surface area contributed by atoms with E-state index in [1.54, 1.807) is 22.6 Å². The number of thioether (sulfide) groups is 1. The van der Waals surface area contributed by atoms with Crippen LogP contribution in [-0.4, -0.2) is 28.2 Å². The van der Waals surface area contributed by atoms with Crippen molar-refractivity contribution in [2.45, 2.75) is 55.5 Å². The summed E-state index contributed by atoms with van der Waals surface area (Å²) in [6, 6.07) is 6.10. The summed E-state index contributed by atoms with van der Waals surface area (Å²) in [7, 11) is 3.66. The highest BCUT2D eigenvalue weighted by Crippen LogP contribution is 2.31. The van der Waals surface area contributed by atoms with Gasteiger partial charge in [-0.3, -0.25) is 0 Å². The van der Waals surface area contributed by atoms with E-state index in [1.165, 1.54) is 44.3 Å². The summed E-state index contributed by atoms with van der Waals surface area (Å²) in [5.41, 5.74) is 0. The van der Waals surface area contributed by atoms with Crippen molar-refractivity contribution >= 4 is 33.3 Å². The van der Waals surface area contributed by atoms with Crippen LogP contribution in [0.3, 0.4) is 0 Å². The summed E-state index contributed by atoms with van der Waals surface area (Å²) in [6.45, 7) is 2.46. The molecule has 5 heteroatoms. The van der Waals surface area contributed by atoms with Crippen LogP contribution in [0.5, 0.6) is 0 Å². The summed E-state index contributed by atoms with van der Waals surface area (Å²) >= 11 is 1.61.